The lowest BCUT2D eigenvalue weighted by Crippen LogP contribution is -2.35. The standard InChI is InChI=1S/C21H22FN3O/c1-26-21-3-2-14(11-19(21)22)16-10-15-4-7-24-13-18(15)20(12-16)25-17-5-8-23-9-6-17/h2-4,7,10-13,17,23,25H,5-6,8-9H2,1H3. The van der Waals surface area contributed by atoms with Crippen LogP contribution in [-0.2, 0) is 0 Å². The second-order valence-electron chi connectivity index (χ2n) is 6.64. The Balaban J connectivity index is 1.76. The van der Waals surface area contributed by atoms with Crippen LogP contribution >= 0.6 is 0 Å². The van der Waals surface area contributed by atoms with E-state index in [9.17, 15) is 4.39 Å². The van der Waals surface area contributed by atoms with Gasteiger partial charge in [0, 0.05) is 29.5 Å². The van der Waals surface area contributed by atoms with E-state index in [1.807, 2.05) is 18.3 Å². The minimum atomic E-state index is -0.354. The fourth-order valence-corrected chi connectivity index (χ4v) is 3.52. The molecule has 0 amide bonds. The molecule has 0 radical (unpaired) electrons. The van der Waals surface area contributed by atoms with Crippen LogP contribution in [0.2, 0.25) is 0 Å². The molecule has 1 aromatic heterocycles. The zero-order valence-electron chi connectivity index (χ0n) is 14.8. The molecule has 1 aliphatic rings. The van der Waals surface area contributed by atoms with Gasteiger partial charge in [-0.25, -0.2) is 4.39 Å². The Hall–Kier alpha value is -2.66. The molecular weight excluding hydrogens is 329 g/mol. The molecule has 134 valence electrons. The van der Waals surface area contributed by atoms with Gasteiger partial charge in [0.25, 0.3) is 0 Å². The molecule has 3 aromatic rings. The lowest BCUT2D eigenvalue weighted by molar-refractivity contribution is 0.386. The van der Waals surface area contributed by atoms with Gasteiger partial charge in [0.2, 0.25) is 0 Å². The summed E-state index contributed by atoms with van der Waals surface area (Å²) in [4.78, 5) is 4.28. The molecule has 2 heterocycles. The van der Waals surface area contributed by atoms with Gasteiger partial charge in [0.1, 0.15) is 0 Å². The van der Waals surface area contributed by atoms with Crippen LogP contribution in [0.15, 0.2) is 48.8 Å². The van der Waals surface area contributed by atoms with Crippen LogP contribution in [0.1, 0.15) is 12.8 Å². The number of hydrogen-bond acceptors (Lipinski definition) is 4. The molecule has 2 aromatic carbocycles. The fourth-order valence-electron chi connectivity index (χ4n) is 3.52. The highest BCUT2D eigenvalue weighted by Gasteiger charge is 2.15. The first-order valence-electron chi connectivity index (χ1n) is 8.93. The lowest BCUT2D eigenvalue weighted by Gasteiger charge is -2.25. The third kappa shape index (κ3) is 3.35. The topological polar surface area (TPSA) is 46.2 Å². The molecule has 1 fully saturated rings. The Morgan fingerprint density at radius 3 is 2.73 bits per heavy atom. The summed E-state index contributed by atoms with van der Waals surface area (Å²) >= 11 is 0. The summed E-state index contributed by atoms with van der Waals surface area (Å²) in [5, 5.41) is 9.23. The number of aromatic nitrogens is 1. The zero-order valence-corrected chi connectivity index (χ0v) is 14.8. The van der Waals surface area contributed by atoms with Crippen molar-refractivity contribution in [3.63, 3.8) is 0 Å². The summed E-state index contributed by atoms with van der Waals surface area (Å²) < 4.78 is 19.2. The normalized spacial score (nSPS) is 15.2. The molecule has 4 rings (SSSR count). The number of ether oxygens (including phenoxy) is 1. The Morgan fingerprint density at radius 2 is 1.96 bits per heavy atom. The average molecular weight is 351 g/mol. The van der Waals surface area contributed by atoms with Crippen molar-refractivity contribution in [1.29, 1.82) is 0 Å². The second-order valence-corrected chi connectivity index (χ2v) is 6.64. The quantitative estimate of drug-likeness (QED) is 0.739. The van der Waals surface area contributed by atoms with E-state index < -0.39 is 0 Å². The van der Waals surface area contributed by atoms with E-state index in [1.165, 1.54) is 13.2 Å². The maximum Gasteiger partial charge on any atom is 0.165 e. The molecule has 2 N–H and O–H groups in total. The van der Waals surface area contributed by atoms with Gasteiger partial charge in [-0.2, -0.15) is 0 Å². The molecule has 0 saturated carbocycles. The number of nitrogens with one attached hydrogen (secondary N) is 2. The number of fused-ring (bicyclic) bond motifs is 1. The van der Waals surface area contributed by atoms with E-state index in [0.717, 1.165) is 53.5 Å². The smallest absolute Gasteiger partial charge is 0.165 e. The monoisotopic (exact) mass is 351 g/mol. The molecule has 0 unspecified atom stereocenters. The summed E-state index contributed by atoms with van der Waals surface area (Å²) in [7, 11) is 1.47. The van der Waals surface area contributed by atoms with E-state index in [-0.39, 0.29) is 11.6 Å². The zero-order chi connectivity index (χ0) is 17.9. The number of methoxy groups -OCH3 is 1. The average Bonchev–Trinajstić information content (AvgIpc) is 2.68. The van der Waals surface area contributed by atoms with Crippen molar-refractivity contribution in [1.82, 2.24) is 10.3 Å². The van der Waals surface area contributed by atoms with Crippen LogP contribution in [0.25, 0.3) is 21.9 Å². The van der Waals surface area contributed by atoms with E-state index >= 15 is 0 Å². The minimum absolute atomic E-state index is 0.256. The van der Waals surface area contributed by atoms with Crippen molar-refractivity contribution in [3.8, 4) is 16.9 Å². The van der Waals surface area contributed by atoms with Crippen LogP contribution in [0.5, 0.6) is 5.75 Å². The van der Waals surface area contributed by atoms with Gasteiger partial charge in [-0.1, -0.05) is 6.07 Å². The largest absolute Gasteiger partial charge is 0.494 e. The first-order valence-corrected chi connectivity index (χ1v) is 8.93. The van der Waals surface area contributed by atoms with E-state index in [4.69, 9.17) is 4.74 Å². The predicted octanol–water partition coefficient (Wildman–Crippen LogP) is 4.21. The third-order valence-electron chi connectivity index (χ3n) is 4.94. The van der Waals surface area contributed by atoms with Crippen LogP contribution < -0.4 is 15.4 Å². The second kappa shape index (κ2) is 7.30. The molecule has 0 bridgehead atoms. The number of benzene rings is 2. The van der Waals surface area contributed by atoms with E-state index in [2.05, 4.69) is 27.8 Å². The Bertz CT molecular complexity index is 922. The van der Waals surface area contributed by atoms with Crippen molar-refractivity contribution in [3.05, 3.63) is 54.6 Å². The molecule has 1 saturated heterocycles. The maximum absolute atomic E-state index is 14.2. The van der Waals surface area contributed by atoms with Gasteiger partial charge in [-0.3, -0.25) is 4.98 Å². The number of rotatable bonds is 4. The van der Waals surface area contributed by atoms with E-state index in [0.29, 0.717) is 6.04 Å². The highest BCUT2D eigenvalue weighted by Crippen LogP contribution is 2.33. The van der Waals surface area contributed by atoms with Crippen molar-refractivity contribution in [2.45, 2.75) is 18.9 Å². The molecular formula is C21H22FN3O. The number of halogens is 1. The predicted molar refractivity (Wildman–Crippen MR) is 103 cm³/mol. The van der Waals surface area contributed by atoms with Gasteiger partial charge in [-0.15, -0.1) is 0 Å². The molecule has 1 aliphatic heterocycles. The number of piperidine rings is 1. The maximum atomic E-state index is 14.2. The van der Waals surface area contributed by atoms with Crippen LogP contribution in [0.3, 0.4) is 0 Å². The third-order valence-corrected chi connectivity index (χ3v) is 4.94. The summed E-state index contributed by atoms with van der Waals surface area (Å²) in [6.07, 6.45) is 5.85. The van der Waals surface area contributed by atoms with Crippen molar-refractivity contribution in [2.24, 2.45) is 0 Å². The van der Waals surface area contributed by atoms with Crippen molar-refractivity contribution >= 4 is 16.5 Å². The Morgan fingerprint density at radius 1 is 1.12 bits per heavy atom. The van der Waals surface area contributed by atoms with Gasteiger partial charge >= 0.3 is 0 Å². The molecule has 26 heavy (non-hydrogen) atoms. The molecule has 5 heteroatoms. The number of nitrogens with zero attached hydrogens (tertiary/aromatic N) is 1. The SMILES string of the molecule is COc1ccc(-c2cc(NC3CCNCC3)c3cnccc3c2)cc1F. The van der Waals surface area contributed by atoms with Gasteiger partial charge in [0.15, 0.2) is 11.6 Å². The summed E-state index contributed by atoms with van der Waals surface area (Å²) in [6, 6.07) is 11.7. The minimum Gasteiger partial charge on any atom is -0.494 e. The highest BCUT2D eigenvalue weighted by atomic mass is 19.1. The highest BCUT2D eigenvalue weighted by molar-refractivity contribution is 5.97. The summed E-state index contributed by atoms with van der Waals surface area (Å²) in [5.41, 5.74) is 2.85. The molecule has 4 nitrogen and oxygen atoms in total. The Kier molecular flexibility index (Phi) is 4.71. The number of hydrogen-bond donors (Lipinski definition) is 2. The van der Waals surface area contributed by atoms with Crippen LogP contribution in [-0.4, -0.2) is 31.2 Å². The number of pyridine rings is 1. The summed E-state index contributed by atoms with van der Waals surface area (Å²) in [5.74, 6) is -0.0977. The van der Waals surface area contributed by atoms with Crippen LogP contribution in [0, 0.1) is 5.82 Å². The van der Waals surface area contributed by atoms with Gasteiger partial charge < -0.3 is 15.4 Å². The fraction of sp³-hybridized carbons (Fsp3) is 0.286. The van der Waals surface area contributed by atoms with Crippen molar-refractivity contribution < 1.29 is 9.13 Å². The molecule has 0 aliphatic carbocycles. The molecule has 0 spiro atoms. The van der Waals surface area contributed by atoms with Gasteiger partial charge in [0.05, 0.1) is 7.11 Å². The first kappa shape index (κ1) is 16.8. The van der Waals surface area contributed by atoms with Gasteiger partial charge in [-0.05, 0) is 72.8 Å². The lowest BCUT2D eigenvalue weighted by atomic mass is 9.99. The van der Waals surface area contributed by atoms with E-state index in [1.54, 1.807) is 12.3 Å². The Labute approximate surface area is 152 Å². The van der Waals surface area contributed by atoms with Crippen molar-refractivity contribution in [2.75, 3.05) is 25.5 Å². The summed E-state index contributed by atoms with van der Waals surface area (Å²) in [6.45, 7) is 2.05. The molecule has 0 atom stereocenters. The van der Waals surface area contributed by atoms with Crippen LogP contribution in [0.4, 0.5) is 10.1 Å². The number of anilines is 1. The first-order chi connectivity index (χ1) is 12.7.